The maximum atomic E-state index is 13.0. The molecule has 18 heavy (non-hydrogen) atoms. The van der Waals surface area contributed by atoms with Crippen LogP contribution in [0.3, 0.4) is 0 Å². The zero-order valence-corrected chi connectivity index (χ0v) is 11.5. The number of likely N-dealkylation sites (tertiary alicyclic amines) is 1. The lowest BCUT2D eigenvalue weighted by Crippen LogP contribution is -2.33. The molecule has 100 valence electrons. The molecule has 0 aromatic heterocycles. The topological polar surface area (TPSA) is 15.3 Å². The first-order valence-corrected chi connectivity index (χ1v) is 6.79. The third kappa shape index (κ3) is 2.73. The average Bonchev–Trinajstić information content (AvgIpc) is 2.75. The molecule has 0 bridgehead atoms. The van der Waals surface area contributed by atoms with E-state index in [2.05, 4.69) is 24.1 Å². The molecule has 0 aliphatic carbocycles. The predicted molar refractivity (Wildman–Crippen MR) is 73.0 cm³/mol. The Morgan fingerprint density at radius 1 is 1.33 bits per heavy atom. The van der Waals surface area contributed by atoms with E-state index < -0.39 is 0 Å². The number of nitrogens with zero attached hydrogens (tertiary/aromatic N) is 1. The van der Waals surface area contributed by atoms with Gasteiger partial charge in [0.1, 0.15) is 5.82 Å². The van der Waals surface area contributed by atoms with Gasteiger partial charge in [0.25, 0.3) is 0 Å². The van der Waals surface area contributed by atoms with E-state index in [0.29, 0.717) is 18.0 Å². The molecule has 1 aromatic rings. The molecular formula is C15H23FN2. The van der Waals surface area contributed by atoms with Gasteiger partial charge in [-0.1, -0.05) is 12.1 Å². The molecule has 1 aromatic carbocycles. The Bertz CT molecular complexity index is 375. The molecule has 0 saturated carbocycles. The standard InChI is InChI=1S/C15H23FN2/c1-11(2)18-9-8-13(10-17-3)15(18)12-4-6-14(16)7-5-12/h4-7,11,13,15,17H,8-10H2,1-3H3. The second-order valence-electron chi connectivity index (χ2n) is 5.43. The summed E-state index contributed by atoms with van der Waals surface area (Å²) < 4.78 is 13.0. The minimum absolute atomic E-state index is 0.155. The zero-order chi connectivity index (χ0) is 13.1. The van der Waals surface area contributed by atoms with Crippen molar-refractivity contribution in [2.24, 2.45) is 5.92 Å². The SMILES string of the molecule is CNCC1CCN(C(C)C)C1c1ccc(F)cc1. The summed E-state index contributed by atoms with van der Waals surface area (Å²) in [5, 5.41) is 3.28. The summed E-state index contributed by atoms with van der Waals surface area (Å²) in [6, 6.07) is 7.96. The molecule has 2 atom stereocenters. The molecule has 2 rings (SSSR count). The first kappa shape index (κ1) is 13.5. The van der Waals surface area contributed by atoms with E-state index in [1.54, 1.807) is 12.1 Å². The van der Waals surface area contributed by atoms with Crippen molar-refractivity contribution in [2.75, 3.05) is 20.1 Å². The second-order valence-corrected chi connectivity index (χ2v) is 5.43. The van der Waals surface area contributed by atoms with Crippen LogP contribution >= 0.6 is 0 Å². The van der Waals surface area contributed by atoms with Crippen molar-refractivity contribution in [2.45, 2.75) is 32.4 Å². The molecule has 0 radical (unpaired) electrons. The lowest BCUT2D eigenvalue weighted by molar-refractivity contribution is 0.182. The van der Waals surface area contributed by atoms with Crippen LogP contribution in [0.2, 0.25) is 0 Å². The highest BCUT2D eigenvalue weighted by Crippen LogP contribution is 2.38. The van der Waals surface area contributed by atoms with E-state index in [9.17, 15) is 4.39 Å². The van der Waals surface area contributed by atoms with Gasteiger partial charge in [-0.3, -0.25) is 4.90 Å². The Morgan fingerprint density at radius 3 is 2.56 bits per heavy atom. The Morgan fingerprint density at radius 2 is 2.00 bits per heavy atom. The Balaban J connectivity index is 2.25. The van der Waals surface area contributed by atoms with Crippen molar-refractivity contribution in [3.8, 4) is 0 Å². The van der Waals surface area contributed by atoms with Crippen LogP contribution in [0.25, 0.3) is 0 Å². The first-order chi connectivity index (χ1) is 8.63. The van der Waals surface area contributed by atoms with Gasteiger partial charge in [-0.05, 0) is 64.0 Å². The largest absolute Gasteiger partial charge is 0.319 e. The molecule has 1 fully saturated rings. The lowest BCUT2D eigenvalue weighted by atomic mass is 9.93. The molecule has 1 aliphatic heterocycles. The molecule has 1 saturated heterocycles. The molecule has 2 nitrogen and oxygen atoms in total. The third-order valence-corrected chi connectivity index (χ3v) is 3.90. The third-order valence-electron chi connectivity index (χ3n) is 3.90. The van der Waals surface area contributed by atoms with Gasteiger partial charge in [-0.25, -0.2) is 4.39 Å². The normalized spacial score (nSPS) is 24.9. The molecule has 1 heterocycles. The quantitative estimate of drug-likeness (QED) is 0.884. The number of hydrogen-bond acceptors (Lipinski definition) is 2. The van der Waals surface area contributed by atoms with E-state index in [4.69, 9.17) is 0 Å². The van der Waals surface area contributed by atoms with Crippen molar-refractivity contribution in [3.63, 3.8) is 0 Å². The second kappa shape index (κ2) is 5.81. The minimum Gasteiger partial charge on any atom is -0.319 e. The van der Waals surface area contributed by atoms with Gasteiger partial charge in [0.15, 0.2) is 0 Å². The van der Waals surface area contributed by atoms with Crippen LogP contribution in [0.5, 0.6) is 0 Å². The molecule has 0 spiro atoms. The van der Waals surface area contributed by atoms with Gasteiger partial charge in [0.2, 0.25) is 0 Å². The molecule has 1 aliphatic rings. The van der Waals surface area contributed by atoms with E-state index >= 15 is 0 Å². The Labute approximate surface area is 109 Å². The number of hydrogen-bond donors (Lipinski definition) is 1. The predicted octanol–water partition coefficient (Wildman–Crippen LogP) is 2.82. The Kier molecular flexibility index (Phi) is 4.36. The molecule has 3 heteroatoms. The minimum atomic E-state index is -0.155. The van der Waals surface area contributed by atoms with E-state index in [0.717, 1.165) is 13.1 Å². The van der Waals surface area contributed by atoms with Crippen molar-refractivity contribution in [3.05, 3.63) is 35.6 Å². The molecule has 2 unspecified atom stereocenters. The van der Waals surface area contributed by atoms with Crippen molar-refractivity contribution in [1.29, 1.82) is 0 Å². The van der Waals surface area contributed by atoms with Gasteiger partial charge in [-0.15, -0.1) is 0 Å². The fourth-order valence-corrected chi connectivity index (χ4v) is 3.06. The number of rotatable bonds is 4. The van der Waals surface area contributed by atoms with Crippen LogP contribution in [-0.4, -0.2) is 31.1 Å². The van der Waals surface area contributed by atoms with Crippen LogP contribution in [0, 0.1) is 11.7 Å². The van der Waals surface area contributed by atoms with Gasteiger partial charge < -0.3 is 5.32 Å². The monoisotopic (exact) mass is 250 g/mol. The molecular weight excluding hydrogens is 227 g/mol. The summed E-state index contributed by atoms with van der Waals surface area (Å²) in [6.07, 6.45) is 1.21. The van der Waals surface area contributed by atoms with Crippen LogP contribution < -0.4 is 5.32 Å². The van der Waals surface area contributed by atoms with Gasteiger partial charge in [0, 0.05) is 12.1 Å². The summed E-state index contributed by atoms with van der Waals surface area (Å²) in [4.78, 5) is 2.52. The summed E-state index contributed by atoms with van der Waals surface area (Å²) >= 11 is 0. The van der Waals surface area contributed by atoms with Crippen molar-refractivity contribution >= 4 is 0 Å². The lowest BCUT2D eigenvalue weighted by Gasteiger charge is -2.31. The Hall–Kier alpha value is -0.930. The fourth-order valence-electron chi connectivity index (χ4n) is 3.06. The van der Waals surface area contributed by atoms with E-state index in [1.165, 1.54) is 12.0 Å². The smallest absolute Gasteiger partial charge is 0.123 e. The highest BCUT2D eigenvalue weighted by molar-refractivity contribution is 5.22. The highest BCUT2D eigenvalue weighted by Gasteiger charge is 2.35. The average molecular weight is 250 g/mol. The summed E-state index contributed by atoms with van der Waals surface area (Å²) in [6.45, 7) is 6.62. The van der Waals surface area contributed by atoms with Gasteiger partial charge >= 0.3 is 0 Å². The summed E-state index contributed by atoms with van der Waals surface area (Å²) in [5.74, 6) is 0.459. The summed E-state index contributed by atoms with van der Waals surface area (Å²) in [5.41, 5.74) is 1.24. The van der Waals surface area contributed by atoms with Crippen LogP contribution in [0.15, 0.2) is 24.3 Å². The van der Waals surface area contributed by atoms with Gasteiger partial charge in [0.05, 0.1) is 0 Å². The molecule has 0 amide bonds. The first-order valence-electron chi connectivity index (χ1n) is 6.79. The zero-order valence-electron chi connectivity index (χ0n) is 11.5. The van der Waals surface area contributed by atoms with E-state index in [1.807, 2.05) is 19.2 Å². The van der Waals surface area contributed by atoms with Crippen LogP contribution in [0.4, 0.5) is 4.39 Å². The summed E-state index contributed by atoms with van der Waals surface area (Å²) in [7, 11) is 2.00. The maximum absolute atomic E-state index is 13.0. The molecule has 1 N–H and O–H groups in total. The van der Waals surface area contributed by atoms with E-state index in [-0.39, 0.29) is 5.82 Å². The van der Waals surface area contributed by atoms with Crippen LogP contribution in [-0.2, 0) is 0 Å². The fraction of sp³-hybridized carbons (Fsp3) is 0.600. The number of halogens is 1. The van der Waals surface area contributed by atoms with Crippen molar-refractivity contribution < 1.29 is 4.39 Å². The van der Waals surface area contributed by atoms with Crippen LogP contribution in [0.1, 0.15) is 31.9 Å². The van der Waals surface area contributed by atoms with Gasteiger partial charge in [-0.2, -0.15) is 0 Å². The number of benzene rings is 1. The highest BCUT2D eigenvalue weighted by atomic mass is 19.1. The maximum Gasteiger partial charge on any atom is 0.123 e. The van der Waals surface area contributed by atoms with Crippen molar-refractivity contribution in [1.82, 2.24) is 10.2 Å². The number of nitrogens with one attached hydrogen (secondary N) is 1.